The van der Waals surface area contributed by atoms with Gasteiger partial charge in [-0.25, -0.2) is 9.78 Å². The van der Waals surface area contributed by atoms with Gasteiger partial charge in [0.1, 0.15) is 6.04 Å². The number of aromatic nitrogens is 1. The Balaban J connectivity index is 2.61. The van der Waals surface area contributed by atoms with E-state index in [1.54, 1.807) is 0 Å². The highest BCUT2D eigenvalue weighted by atomic mass is 32.1. The predicted octanol–water partition coefficient (Wildman–Crippen LogP) is 1.73. The van der Waals surface area contributed by atoms with Crippen molar-refractivity contribution in [3.8, 4) is 0 Å². The van der Waals surface area contributed by atoms with Gasteiger partial charge >= 0.3 is 5.97 Å². The number of carbonyl (C=O) groups is 1. The lowest BCUT2D eigenvalue weighted by Gasteiger charge is -2.09. The molecule has 1 atom stereocenters. The van der Waals surface area contributed by atoms with Crippen LogP contribution in [0.5, 0.6) is 0 Å². The Morgan fingerprint density at radius 2 is 2.54 bits per heavy atom. The molecule has 0 bridgehead atoms. The van der Waals surface area contributed by atoms with E-state index in [0.717, 1.165) is 5.69 Å². The summed E-state index contributed by atoms with van der Waals surface area (Å²) in [7, 11) is 0. The molecule has 5 heteroatoms. The molecular formula is C8H12N2O2S. The molecule has 0 amide bonds. The number of hydrogen-bond donors (Lipinski definition) is 2. The van der Waals surface area contributed by atoms with E-state index < -0.39 is 12.0 Å². The number of carboxylic acid groups (broad SMARTS) is 1. The first-order valence-corrected chi connectivity index (χ1v) is 4.93. The normalized spacial score (nSPS) is 12.5. The second-order valence-corrected chi connectivity index (χ2v) is 3.60. The minimum Gasteiger partial charge on any atom is -0.480 e. The van der Waals surface area contributed by atoms with Crippen LogP contribution in [0.2, 0.25) is 0 Å². The van der Waals surface area contributed by atoms with E-state index in [4.69, 9.17) is 5.11 Å². The highest BCUT2D eigenvalue weighted by molar-refractivity contribution is 7.13. The fraction of sp³-hybridized carbons (Fsp3) is 0.500. The quantitative estimate of drug-likeness (QED) is 0.777. The Morgan fingerprint density at radius 1 is 1.85 bits per heavy atom. The molecule has 0 aliphatic rings. The molecule has 0 saturated heterocycles. The molecule has 2 N–H and O–H groups in total. The molecule has 13 heavy (non-hydrogen) atoms. The summed E-state index contributed by atoms with van der Waals surface area (Å²) >= 11 is 1.43. The topological polar surface area (TPSA) is 62.2 Å². The third-order valence-corrected chi connectivity index (χ3v) is 2.51. The zero-order chi connectivity index (χ0) is 9.84. The van der Waals surface area contributed by atoms with Crippen molar-refractivity contribution in [2.45, 2.75) is 26.3 Å². The van der Waals surface area contributed by atoms with Crippen LogP contribution in [0, 0.1) is 6.92 Å². The smallest absolute Gasteiger partial charge is 0.326 e. The summed E-state index contributed by atoms with van der Waals surface area (Å²) in [6.07, 6.45) is 0.550. The van der Waals surface area contributed by atoms with Crippen molar-refractivity contribution in [1.82, 2.24) is 4.98 Å². The Kier molecular flexibility index (Phi) is 3.25. The lowest BCUT2D eigenvalue weighted by molar-refractivity contribution is -0.137. The highest BCUT2D eigenvalue weighted by Gasteiger charge is 2.15. The summed E-state index contributed by atoms with van der Waals surface area (Å²) in [6.45, 7) is 3.70. The average molecular weight is 200 g/mol. The van der Waals surface area contributed by atoms with Crippen LogP contribution in [-0.4, -0.2) is 22.1 Å². The van der Waals surface area contributed by atoms with Crippen molar-refractivity contribution in [3.63, 3.8) is 0 Å². The molecule has 1 rings (SSSR count). The third-order valence-electron chi connectivity index (χ3n) is 1.62. The van der Waals surface area contributed by atoms with Crippen molar-refractivity contribution < 1.29 is 9.90 Å². The highest BCUT2D eigenvalue weighted by Crippen LogP contribution is 2.16. The molecule has 0 aliphatic heterocycles. The van der Waals surface area contributed by atoms with Crippen LogP contribution >= 0.6 is 11.3 Å². The van der Waals surface area contributed by atoms with Crippen molar-refractivity contribution in [1.29, 1.82) is 0 Å². The van der Waals surface area contributed by atoms with Crippen LogP contribution < -0.4 is 5.32 Å². The molecule has 1 heterocycles. The van der Waals surface area contributed by atoms with Gasteiger partial charge in [-0.3, -0.25) is 0 Å². The summed E-state index contributed by atoms with van der Waals surface area (Å²) in [5.74, 6) is -0.838. The van der Waals surface area contributed by atoms with Gasteiger partial charge < -0.3 is 10.4 Å². The Hall–Kier alpha value is -1.10. The van der Waals surface area contributed by atoms with E-state index in [0.29, 0.717) is 11.6 Å². The molecule has 72 valence electrons. The lowest BCUT2D eigenvalue weighted by Crippen LogP contribution is -2.28. The maximum Gasteiger partial charge on any atom is 0.326 e. The van der Waals surface area contributed by atoms with E-state index in [-0.39, 0.29) is 0 Å². The number of nitrogens with zero attached hydrogens (tertiary/aromatic N) is 1. The second kappa shape index (κ2) is 4.23. The van der Waals surface area contributed by atoms with Gasteiger partial charge in [0.05, 0.1) is 5.69 Å². The van der Waals surface area contributed by atoms with Gasteiger partial charge in [-0.15, -0.1) is 11.3 Å². The van der Waals surface area contributed by atoms with Gasteiger partial charge in [-0.1, -0.05) is 6.92 Å². The number of aryl methyl sites for hydroxylation is 1. The lowest BCUT2D eigenvalue weighted by atomic mass is 10.2. The molecule has 0 spiro atoms. The number of thiazole rings is 1. The fourth-order valence-corrected chi connectivity index (χ4v) is 1.65. The summed E-state index contributed by atoms with van der Waals surface area (Å²) in [6, 6.07) is -0.537. The molecule has 0 saturated carbocycles. The van der Waals surface area contributed by atoms with E-state index >= 15 is 0 Å². The first-order chi connectivity index (χ1) is 6.13. The van der Waals surface area contributed by atoms with E-state index in [1.807, 2.05) is 19.2 Å². The van der Waals surface area contributed by atoms with Gasteiger partial charge in [0.25, 0.3) is 0 Å². The molecule has 4 nitrogen and oxygen atoms in total. The maximum atomic E-state index is 10.7. The molecule has 1 aromatic rings. The molecular weight excluding hydrogens is 188 g/mol. The number of carboxylic acids is 1. The van der Waals surface area contributed by atoms with Crippen LogP contribution in [0.4, 0.5) is 5.13 Å². The number of anilines is 1. The van der Waals surface area contributed by atoms with Crippen LogP contribution in [0.15, 0.2) is 5.38 Å². The molecule has 1 aromatic heterocycles. The van der Waals surface area contributed by atoms with Crippen LogP contribution in [0.25, 0.3) is 0 Å². The first kappa shape index (κ1) is 9.98. The van der Waals surface area contributed by atoms with Gasteiger partial charge in [-0.05, 0) is 13.3 Å². The summed E-state index contributed by atoms with van der Waals surface area (Å²) in [5, 5.41) is 14.2. The summed E-state index contributed by atoms with van der Waals surface area (Å²) in [4.78, 5) is 14.8. The van der Waals surface area contributed by atoms with Crippen molar-refractivity contribution in [2.24, 2.45) is 0 Å². The van der Waals surface area contributed by atoms with Crippen LogP contribution in [0.1, 0.15) is 19.0 Å². The summed E-state index contributed by atoms with van der Waals surface area (Å²) < 4.78 is 0. The molecule has 0 unspecified atom stereocenters. The zero-order valence-corrected chi connectivity index (χ0v) is 8.39. The minimum absolute atomic E-state index is 0.537. The monoisotopic (exact) mass is 200 g/mol. The molecule has 0 aliphatic carbocycles. The van der Waals surface area contributed by atoms with Gasteiger partial charge in [0.2, 0.25) is 0 Å². The average Bonchev–Trinajstić information content (AvgIpc) is 2.46. The maximum absolute atomic E-state index is 10.7. The molecule has 0 fully saturated rings. The van der Waals surface area contributed by atoms with Gasteiger partial charge in [0.15, 0.2) is 5.13 Å². The largest absolute Gasteiger partial charge is 0.480 e. The molecule has 0 radical (unpaired) electrons. The van der Waals surface area contributed by atoms with Crippen LogP contribution in [0.3, 0.4) is 0 Å². The Morgan fingerprint density at radius 3 is 2.92 bits per heavy atom. The third kappa shape index (κ3) is 2.69. The summed E-state index contributed by atoms with van der Waals surface area (Å²) in [5.41, 5.74) is 0.910. The van der Waals surface area contributed by atoms with E-state index in [2.05, 4.69) is 10.3 Å². The number of nitrogens with one attached hydrogen (secondary N) is 1. The minimum atomic E-state index is -0.838. The fourth-order valence-electron chi connectivity index (χ4n) is 0.908. The van der Waals surface area contributed by atoms with Crippen molar-refractivity contribution in [3.05, 3.63) is 11.1 Å². The van der Waals surface area contributed by atoms with Gasteiger partial charge in [-0.2, -0.15) is 0 Å². The van der Waals surface area contributed by atoms with Gasteiger partial charge in [0, 0.05) is 5.38 Å². The Labute approximate surface area is 80.6 Å². The Bertz CT molecular complexity index is 298. The number of aliphatic carboxylic acids is 1. The SMILES string of the molecule is CC[C@H](Nc1nc(C)cs1)C(=O)O. The van der Waals surface area contributed by atoms with Crippen molar-refractivity contribution in [2.75, 3.05) is 5.32 Å². The first-order valence-electron chi connectivity index (χ1n) is 4.05. The van der Waals surface area contributed by atoms with E-state index in [9.17, 15) is 4.79 Å². The number of rotatable bonds is 4. The zero-order valence-electron chi connectivity index (χ0n) is 7.57. The molecule has 0 aromatic carbocycles. The number of hydrogen-bond acceptors (Lipinski definition) is 4. The van der Waals surface area contributed by atoms with Crippen LogP contribution in [-0.2, 0) is 4.79 Å². The second-order valence-electron chi connectivity index (χ2n) is 2.74. The van der Waals surface area contributed by atoms with Crippen molar-refractivity contribution >= 4 is 22.4 Å². The standard InChI is InChI=1S/C8H12N2O2S/c1-3-6(7(11)12)10-8-9-5(2)4-13-8/h4,6H,3H2,1-2H3,(H,9,10)(H,11,12)/t6-/m0/s1. The predicted molar refractivity (Wildman–Crippen MR) is 52.2 cm³/mol. The van der Waals surface area contributed by atoms with E-state index in [1.165, 1.54) is 11.3 Å².